The molecule has 0 radical (unpaired) electrons. The number of carboxylic acids is 1. The molecule has 1 aromatic carbocycles. The molecule has 5 atom stereocenters. The van der Waals surface area contributed by atoms with Crippen molar-refractivity contribution in [3.8, 4) is 0 Å². The van der Waals surface area contributed by atoms with Gasteiger partial charge in [-0.15, -0.1) is 0 Å². The molecule has 0 amide bonds. The molecule has 38 heavy (non-hydrogen) atoms. The summed E-state index contributed by atoms with van der Waals surface area (Å²) >= 11 is 0. The summed E-state index contributed by atoms with van der Waals surface area (Å²) in [6.45, 7) is 0.538. The number of aliphatic hydroxyl groups is 4. The van der Waals surface area contributed by atoms with Gasteiger partial charge in [0.05, 0.1) is 24.5 Å². The van der Waals surface area contributed by atoms with Crippen LogP contribution in [0.2, 0.25) is 0 Å². The van der Waals surface area contributed by atoms with Crippen molar-refractivity contribution < 1.29 is 52.6 Å². The zero-order valence-corrected chi connectivity index (χ0v) is 21.9. The maximum absolute atomic E-state index is 13.9. The minimum Gasteiger partial charge on any atom is -0.478 e. The van der Waals surface area contributed by atoms with E-state index in [-0.39, 0.29) is 18.5 Å². The molecule has 1 aliphatic carbocycles. The largest absolute Gasteiger partial charge is 0.478 e. The van der Waals surface area contributed by atoms with Crippen molar-refractivity contribution in [1.29, 1.82) is 0 Å². The number of anilines is 1. The second-order valence-corrected chi connectivity index (χ2v) is 11.5. The van der Waals surface area contributed by atoms with Gasteiger partial charge < -0.3 is 35.0 Å². The fourth-order valence-corrected chi connectivity index (χ4v) is 6.44. The van der Waals surface area contributed by atoms with Crippen molar-refractivity contribution in [3.63, 3.8) is 0 Å². The molecule has 0 aromatic heterocycles. The third kappa shape index (κ3) is 6.89. The Bertz CT molecular complexity index is 1090. The Morgan fingerprint density at radius 3 is 2.32 bits per heavy atom. The molecule has 1 aromatic rings. The monoisotopic (exact) mass is 561 g/mol. The van der Waals surface area contributed by atoms with Crippen LogP contribution in [0.5, 0.6) is 0 Å². The van der Waals surface area contributed by atoms with Crippen molar-refractivity contribution in [2.75, 3.05) is 17.9 Å². The summed E-state index contributed by atoms with van der Waals surface area (Å²) in [5, 5.41) is 47.3. The smallest absolute Gasteiger partial charge is 0.332 e. The number of aliphatic hydroxyl groups excluding tert-OH is 4. The molecule has 2 aliphatic rings. The van der Waals surface area contributed by atoms with Gasteiger partial charge >= 0.3 is 5.97 Å². The third-order valence-corrected chi connectivity index (χ3v) is 8.59. The van der Waals surface area contributed by atoms with Crippen LogP contribution in [0.3, 0.4) is 0 Å². The number of carbonyl (C=O) groups is 1. The van der Waals surface area contributed by atoms with Crippen molar-refractivity contribution >= 4 is 21.7 Å². The van der Waals surface area contributed by atoms with Gasteiger partial charge in [0.25, 0.3) is 0 Å². The highest BCUT2D eigenvalue weighted by molar-refractivity contribution is 7.93. The van der Waals surface area contributed by atoms with Crippen molar-refractivity contribution in [2.24, 2.45) is 0 Å². The van der Waals surface area contributed by atoms with E-state index in [0.717, 1.165) is 37.8 Å². The van der Waals surface area contributed by atoms with Crippen LogP contribution in [-0.4, -0.2) is 88.6 Å². The summed E-state index contributed by atoms with van der Waals surface area (Å²) in [5.41, 5.74) is 0.0761. The highest BCUT2D eigenvalue weighted by atomic mass is 32.2. The van der Waals surface area contributed by atoms with Crippen LogP contribution in [0.25, 0.3) is 0 Å². The zero-order chi connectivity index (χ0) is 28.1. The predicted molar refractivity (Wildman–Crippen MR) is 134 cm³/mol. The third-order valence-electron chi connectivity index (χ3n) is 6.85. The van der Waals surface area contributed by atoms with Crippen molar-refractivity contribution in [2.45, 2.75) is 87.3 Å². The molecule has 1 saturated heterocycles. The molecule has 6 N–H and O–H groups in total. The summed E-state index contributed by atoms with van der Waals surface area (Å²) in [7, 11) is -4.33. The van der Waals surface area contributed by atoms with Gasteiger partial charge in [-0.05, 0) is 49.1 Å². The SMILES string of the molecule is CCCCCCc1cc(F)ccc1NS(=O)(=O)C1CCC2(C=C1C(=O)O)OC(C(O)CO)C(C(O)CO)O2. The number of hydrogen-bond donors (Lipinski definition) is 6. The molecule has 13 heteroatoms. The van der Waals surface area contributed by atoms with Crippen LogP contribution in [0, 0.1) is 5.82 Å². The van der Waals surface area contributed by atoms with E-state index in [1.807, 2.05) is 0 Å². The van der Waals surface area contributed by atoms with Gasteiger partial charge in [-0.2, -0.15) is 0 Å². The summed E-state index contributed by atoms with van der Waals surface area (Å²) in [5.74, 6) is -3.86. The minimum atomic E-state index is -4.33. The average molecular weight is 562 g/mol. The minimum absolute atomic E-state index is 0.161. The van der Waals surface area contributed by atoms with Gasteiger partial charge in [-0.3, -0.25) is 4.72 Å². The number of carboxylic acid groups (broad SMARTS) is 1. The van der Waals surface area contributed by atoms with E-state index in [1.54, 1.807) is 0 Å². The lowest BCUT2D eigenvalue weighted by atomic mass is 9.94. The topological polar surface area (TPSA) is 183 Å². The van der Waals surface area contributed by atoms with Gasteiger partial charge in [0.1, 0.15) is 35.5 Å². The number of halogens is 1. The quantitative estimate of drug-likeness (QED) is 0.190. The van der Waals surface area contributed by atoms with Gasteiger partial charge in [-0.25, -0.2) is 17.6 Å². The highest BCUT2D eigenvalue weighted by Crippen LogP contribution is 2.42. The number of rotatable bonds is 13. The fourth-order valence-electron chi connectivity index (χ4n) is 4.86. The first-order valence-electron chi connectivity index (χ1n) is 12.7. The predicted octanol–water partition coefficient (Wildman–Crippen LogP) is 1.05. The number of ether oxygens (including phenoxy) is 2. The standard InChI is InChI=1S/C25H36FNO10S/c1-2-3-4-5-6-15-11-16(26)7-8-18(15)27-38(34,35)21-9-10-25(12-17(21)24(32)33)36-22(19(30)13-28)23(37-25)20(31)14-29/h7-8,11-12,19-23,27-31H,2-6,9-10,13-14H2,1H3,(H,32,33). The molecule has 1 fully saturated rings. The maximum atomic E-state index is 13.9. The fraction of sp³-hybridized carbons (Fsp3) is 0.640. The Hall–Kier alpha value is -2.13. The molecule has 5 unspecified atom stereocenters. The highest BCUT2D eigenvalue weighted by Gasteiger charge is 2.54. The van der Waals surface area contributed by atoms with E-state index in [0.29, 0.717) is 12.0 Å². The van der Waals surface area contributed by atoms with Crippen LogP contribution in [-0.2, 0) is 30.7 Å². The number of sulfonamides is 1. The molecule has 0 bridgehead atoms. The van der Waals surface area contributed by atoms with E-state index in [9.17, 15) is 43.1 Å². The Morgan fingerprint density at radius 1 is 1.13 bits per heavy atom. The molecule has 1 aliphatic heterocycles. The summed E-state index contributed by atoms with van der Waals surface area (Å²) < 4.78 is 54.6. The van der Waals surface area contributed by atoms with Gasteiger partial charge in [-0.1, -0.05) is 26.2 Å². The van der Waals surface area contributed by atoms with Gasteiger partial charge in [0.2, 0.25) is 10.0 Å². The van der Waals surface area contributed by atoms with Crippen LogP contribution in [0.15, 0.2) is 29.8 Å². The van der Waals surface area contributed by atoms with Crippen molar-refractivity contribution in [3.05, 3.63) is 41.2 Å². The number of unbranched alkanes of at least 4 members (excludes halogenated alkanes) is 3. The average Bonchev–Trinajstić information content (AvgIpc) is 3.25. The summed E-state index contributed by atoms with van der Waals surface area (Å²) in [6.07, 6.45) is -1.02. The molecule has 0 saturated carbocycles. The molecular formula is C25H36FNO10S. The van der Waals surface area contributed by atoms with E-state index < -0.39 is 76.0 Å². The first-order chi connectivity index (χ1) is 18.0. The Balaban J connectivity index is 1.88. The normalized spacial score (nSPS) is 27.2. The van der Waals surface area contributed by atoms with E-state index in [1.165, 1.54) is 12.1 Å². The lowest BCUT2D eigenvalue weighted by Gasteiger charge is -2.33. The molecule has 214 valence electrons. The summed E-state index contributed by atoms with van der Waals surface area (Å²) in [6, 6.07) is 3.69. The van der Waals surface area contributed by atoms with Gasteiger partial charge in [0, 0.05) is 6.42 Å². The number of aliphatic carboxylic acids is 1. The first-order valence-corrected chi connectivity index (χ1v) is 14.2. The van der Waals surface area contributed by atoms with Crippen LogP contribution >= 0.6 is 0 Å². The molecular weight excluding hydrogens is 525 g/mol. The molecule has 1 spiro atoms. The zero-order valence-electron chi connectivity index (χ0n) is 21.1. The lowest BCUT2D eigenvalue weighted by Crippen LogP contribution is -2.45. The molecule has 1 heterocycles. The van der Waals surface area contributed by atoms with E-state index in [2.05, 4.69) is 11.6 Å². The lowest BCUT2D eigenvalue weighted by molar-refractivity contribution is -0.163. The molecule has 11 nitrogen and oxygen atoms in total. The first kappa shape index (κ1) is 30.4. The Labute approximate surface area is 220 Å². The van der Waals surface area contributed by atoms with Crippen LogP contribution < -0.4 is 4.72 Å². The Kier molecular flexibility index (Phi) is 10.3. The van der Waals surface area contributed by atoms with E-state index in [4.69, 9.17) is 9.47 Å². The van der Waals surface area contributed by atoms with Gasteiger partial charge in [0.15, 0.2) is 5.79 Å². The van der Waals surface area contributed by atoms with E-state index >= 15 is 0 Å². The number of hydrogen-bond acceptors (Lipinski definition) is 9. The van der Waals surface area contributed by atoms with Crippen molar-refractivity contribution in [1.82, 2.24) is 0 Å². The summed E-state index contributed by atoms with van der Waals surface area (Å²) in [4.78, 5) is 12.2. The second kappa shape index (κ2) is 12.8. The van der Waals surface area contributed by atoms with Crippen LogP contribution in [0.4, 0.5) is 10.1 Å². The molecule has 3 rings (SSSR count). The number of nitrogens with one attached hydrogen (secondary N) is 1. The number of aryl methyl sites for hydroxylation is 1. The second-order valence-electron chi connectivity index (χ2n) is 9.67. The maximum Gasteiger partial charge on any atom is 0.332 e. The Morgan fingerprint density at radius 2 is 1.76 bits per heavy atom. The number of benzene rings is 1. The van der Waals surface area contributed by atoms with Crippen LogP contribution in [0.1, 0.15) is 51.0 Å².